The molecule has 4 atom stereocenters. The highest BCUT2D eigenvalue weighted by molar-refractivity contribution is 5.97. The number of hydrogen-bond donors (Lipinski definition) is 0. The average Bonchev–Trinajstić information content (AvgIpc) is 3.44. The summed E-state index contributed by atoms with van der Waals surface area (Å²) in [5.41, 5.74) is 0.784. The Labute approximate surface area is 126 Å². The van der Waals surface area contributed by atoms with Crippen molar-refractivity contribution in [2.45, 2.75) is 62.8 Å². The molecule has 0 aromatic heterocycles. The molecule has 3 heteroatoms. The van der Waals surface area contributed by atoms with Crippen molar-refractivity contribution < 1.29 is 9.53 Å². The predicted molar refractivity (Wildman–Crippen MR) is 81.0 cm³/mol. The fourth-order valence-corrected chi connectivity index (χ4v) is 3.93. The van der Waals surface area contributed by atoms with Gasteiger partial charge in [-0.25, -0.2) is 0 Å². The van der Waals surface area contributed by atoms with Crippen LogP contribution in [0.2, 0.25) is 0 Å². The summed E-state index contributed by atoms with van der Waals surface area (Å²) >= 11 is 0. The van der Waals surface area contributed by atoms with Crippen molar-refractivity contribution >= 4 is 5.78 Å². The lowest BCUT2D eigenvalue weighted by Crippen LogP contribution is -2.32. The molecule has 4 rings (SSSR count). The van der Waals surface area contributed by atoms with Crippen LogP contribution in [0.15, 0.2) is 30.3 Å². The molecule has 1 saturated carbocycles. The van der Waals surface area contributed by atoms with Crippen LogP contribution in [0.4, 0.5) is 0 Å². The first-order chi connectivity index (χ1) is 10.2. The van der Waals surface area contributed by atoms with Gasteiger partial charge in [0.1, 0.15) is 5.60 Å². The zero-order valence-electron chi connectivity index (χ0n) is 12.6. The van der Waals surface area contributed by atoms with Gasteiger partial charge in [-0.2, -0.15) is 0 Å². The van der Waals surface area contributed by atoms with E-state index in [-0.39, 0.29) is 12.1 Å². The molecule has 2 saturated heterocycles. The molecule has 1 aromatic carbocycles. The van der Waals surface area contributed by atoms with Crippen molar-refractivity contribution in [1.82, 2.24) is 4.90 Å². The van der Waals surface area contributed by atoms with Gasteiger partial charge in [-0.05, 0) is 25.3 Å². The Kier molecular flexibility index (Phi) is 3.16. The Morgan fingerprint density at radius 3 is 2.48 bits per heavy atom. The van der Waals surface area contributed by atoms with E-state index in [9.17, 15) is 4.79 Å². The van der Waals surface area contributed by atoms with Gasteiger partial charge in [0.15, 0.2) is 5.78 Å². The number of benzene rings is 1. The number of nitrogens with zero attached hydrogens (tertiary/aromatic N) is 1. The minimum Gasteiger partial charge on any atom is -0.362 e. The maximum Gasteiger partial charge on any atom is 0.185 e. The minimum absolute atomic E-state index is 0.0444. The van der Waals surface area contributed by atoms with Crippen molar-refractivity contribution in [3.05, 3.63) is 35.9 Å². The molecule has 0 amide bonds. The fourth-order valence-electron chi connectivity index (χ4n) is 3.93. The van der Waals surface area contributed by atoms with Crippen molar-refractivity contribution in [1.29, 1.82) is 0 Å². The standard InChI is InChI=1S/C18H23NO2/c1-18(12-21-18)17(20)16-15(13-8-4-2-5-9-13)19(16)14-10-6-3-7-11-14/h2,4-5,8-9,14-16H,3,6-7,10-12H2,1H3/t15-,16+,18?,19?/m0/s1. The minimum atomic E-state index is -0.499. The molecule has 2 unspecified atom stereocenters. The summed E-state index contributed by atoms with van der Waals surface area (Å²) in [6.45, 7) is 2.54. The van der Waals surface area contributed by atoms with Crippen LogP contribution in [0.25, 0.3) is 0 Å². The van der Waals surface area contributed by atoms with E-state index in [0.717, 1.165) is 0 Å². The van der Waals surface area contributed by atoms with Gasteiger partial charge in [0.2, 0.25) is 0 Å². The molecule has 2 aliphatic heterocycles. The molecule has 21 heavy (non-hydrogen) atoms. The van der Waals surface area contributed by atoms with Gasteiger partial charge >= 0.3 is 0 Å². The van der Waals surface area contributed by atoms with Gasteiger partial charge in [-0.3, -0.25) is 9.69 Å². The van der Waals surface area contributed by atoms with Crippen molar-refractivity contribution in [3.8, 4) is 0 Å². The lowest BCUT2D eigenvalue weighted by Gasteiger charge is -2.24. The lowest BCUT2D eigenvalue weighted by atomic mass is 9.95. The number of epoxide rings is 1. The molecular weight excluding hydrogens is 262 g/mol. The largest absolute Gasteiger partial charge is 0.362 e. The van der Waals surface area contributed by atoms with E-state index in [1.54, 1.807) is 0 Å². The summed E-state index contributed by atoms with van der Waals surface area (Å²) in [6.07, 6.45) is 6.43. The quantitative estimate of drug-likeness (QED) is 0.797. The van der Waals surface area contributed by atoms with Gasteiger partial charge in [-0.1, -0.05) is 49.6 Å². The van der Waals surface area contributed by atoms with E-state index in [0.29, 0.717) is 18.4 Å². The molecule has 1 aliphatic carbocycles. The molecule has 0 radical (unpaired) electrons. The third kappa shape index (κ3) is 2.33. The van der Waals surface area contributed by atoms with Crippen molar-refractivity contribution in [3.63, 3.8) is 0 Å². The molecule has 0 spiro atoms. The van der Waals surface area contributed by atoms with Gasteiger partial charge in [0, 0.05) is 6.04 Å². The first-order valence-corrected chi connectivity index (χ1v) is 8.21. The SMILES string of the molecule is CC1(C(=O)[C@H]2[C@H](c3ccccc3)N2C2CCCCC2)CO1. The van der Waals surface area contributed by atoms with Crippen LogP contribution < -0.4 is 0 Å². The van der Waals surface area contributed by atoms with E-state index >= 15 is 0 Å². The van der Waals surface area contributed by atoms with E-state index in [4.69, 9.17) is 4.74 Å². The number of carbonyl (C=O) groups is 1. The first-order valence-electron chi connectivity index (χ1n) is 8.21. The summed E-state index contributed by atoms with van der Waals surface area (Å²) in [4.78, 5) is 15.2. The van der Waals surface area contributed by atoms with Crippen LogP contribution >= 0.6 is 0 Å². The second-order valence-corrected chi connectivity index (χ2v) is 6.92. The average molecular weight is 285 g/mol. The molecule has 3 nitrogen and oxygen atoms in total. The number of ether oxygens (including phenoxy) is 1. The van der Waals surface area contributed by atoms with Crippen LogP contribution in [0.3, 0.4) is 0 Å². The monoisotopic (exact) mass is 285 g/mol. The molecule has 112 valence electrons. The van der Waals surface area contributed by atoms with Gasteiger partial charge in [-0.15, -0.1) is 0 Å². The highest BCUT2D eigenvalue weighted by Gasteiger charge is 2.63. The van der Waals surface area contributed by atoms with Crippen molar-refractivity contribution in [2.75, 3.05) is 6.61 Å². The van der Waals surface area contributed by atoms with E-state index in [2.05, 4.69) is 29.2 Å². The van der Waals surface area contributed by atoms with Gasteiger partial charge in [0.05, 0.1) is 18.7 Å². The zero-order chi connectivity index (χ0) is 14.4. The number of ketones is 1. The molecule has 3 fully saturated rings. The first kappa shape index (κ1) is 13.5. The smallest absolute Gasteiger partial charge is 0.185 e. The normalized spacial score (nSPS) is 39.0. The Bertz CT molecular complexity index is 531. The Morgan fingerprint density at radius 1 is 1.19 bits per heavy atom. The molecule has 2 heterocycles. The van der Waals surface area contributed by atoms with Crippen LogP contribution in [0.5, 0.6) is 0 Å². The summed E-state index contributed by atoms with van der Waals surface area (Å²) in [5, 5.41) is 0. The number of hydrogen-bond acceptors (Lipinski definition) is 3. The molecule has 0 N–H and O–H groups in total. The van der Waals surface area contributed by atoms with Crippen LogP contribution in [0, 0.1) is 0 Å². The van der Waals surface area contributed by atoms with Gasteiger partial charge < -0.3 is 4.74 Å². The maximum absolute atomic E-state index is 12.8. The number of rotatable bonds is 4. The molecule has 0 bridgehead atoms. The molecule has 1 aromatic rings. The summed E-state index contributed by atoms with van der Waals surface area (Å²) in [5.74, 6) is 0.293. The van der Waals surface area contributed by atoms with E-state index in [1.165, 1.54) is 37.7 Å². The van der Waals surface area contributed by atoms with Crippen LogP contribution in [0.1, 0.15) is 50.6 Å². The highest BCUT2D eigenvalue weighted by Crippen LogP contribution is 2.51. The molecule has 3 aliphatic rings. The summed E-state index contributed by atoms with van der Waals surface area (Å²) in [6, 6.07) is 11.4. The Balaban J connectivity index is 1.58. The third-order valence-corrected chi connectivity index (χ3v) is 5.36. The Hall–Kier alpha value is -1.19. The zero-order valence-corrected chi connectivity index (χ0v) is 12.6. The van der Waals surface area contributed by atoms with E-state index in [1.807, 2.05) is 13.0 Å². The lowest BCUT2D eigenvalue weighted by molar-refractivity contribution is -0.124. The van der Waals surface area contributed by atoms with E-state index < -0.39 is 5.60 Å². The maximum atomic E-state index is 12.8. The second-order valence-electron chi connectivity index (χ2n) is 6.92. The van der Waals surface area contributed by atoms with Crippen LogP contribution in [-0.2, 0) is 9.53 Å². The second kappa shape index (κ2) is 4.92. The fraction of sp³-hybridized carbons (Fsp3) is 0.611. The summed E-state index contributed by atoms with van der Waals surface area (Å²) in [7, 11) is 0. The predicted octanol–water partition coefficient (Wildman–Crippen LogP) is 3.10. The third-order valence-electron chi connectivity index (χ3n) is 5.36. The topological polar surface area (TPSA) is 32.6 Å². The van der Waals surface area contributed by atoms with Crippen molar-refractivity contribution in [2.24, 2.45) is 0 Å². The summed E-state index contributed by atoms with van der Waals surface area (Å²) < 4.78 is 5.40. The highest BCUT2D eigenvalue weighted by atomic mass is 16.6. The Morgan fingerprint density at radius 2 is 1.86 bits per heavy atom. The number of Topliss-reactive ketones (excluding diaryl/α,β-unsaturated/α-hetero) is 1. The van der Waals surface area contributed by atoms with Crippen LogP contribution in [-0.4, -0.2) is 35.0 Å². The number of carbonyl (C=O) groups excluding carboxylic acids is 1. The molecular formula is C18H23NO2. The van der Waals surface area contributed by atoms with Gasteiger partial charge in [0.25, 0.3) is 0 Å².